The summed E-state index contributed by atoms with van der Waals surface area (Å²) in [5.74, 6) is -2.28. The average molecular weight is 986 g/mol. The molecule has 2 aromatic carbocycles. The zero-order valence-corrected chi connectivity index (χ0v) is 40.4. The van der Waals surface area contributed by atoms with Gasteiger partial charge in [-0.2, -0.15) is 0 Å². The van der Waals surface area contributed by atoms with Crippen molar-refractivity contribution >= 4 is 24.1 Å². The Hall–Kier alpha value is -7.94. The minimum atomic E-state index is -0.942. The quantitative estimate of drug-likeness (QED) is 0.0555. The Morgan fingerprint density at radius 1 is 0.667 bits per heavy atom. The zero-order chi connectivity index (χ0) is 50.6. The molecule has 0 radical (unpaired) electrons. The summed E-state index contributed by atoms with van der Waals surface area (Å²) < 4.78 is 27.2. The predicted molar refractivity (Wildman–Crippen MR) is 259 cm³/mol. The van der Waals surface area contributed by atoms with Gasteiger partial charge in [0, 0.05) is 27.2 Å². The number of hydrogen-bond acceptors (Lipinski definition) is 14. The molecule has 4 aromatic heterocycles. The van der Waals surface area contributed by atoms with Crippen LogP contribution in [0.25, 0.3) is 22.8 Å². The molecule has 3 amide bonds. The number of amides is 3. The van der Waals surface area contributed by atoms with Gasteiger partial charge < -0.3 is 45.1 Å². The summed E-state index contributed by atoms with van der Waals surface area (Å²) in [6, 6.07) is 25.6. The molecule has 378 valence electrons. The first-order valence-electron chi connectivity index (χ1n) is 24.0. The van der Waals surface area contributed by atoms with Crippen LogP contribution in [0.15, 0.2) is 84.9 Å². The molecule has 6 aromatic rings. The SMILES string of the molecule is COCc1nc(-c2nnn(CC3C[C@H](Oc4ccc(-c5nnn(C)c5CNC(=O)NCc5ccccc5)nc4C)C[C@@H](C(=O)O)C3)c2CNC(=O)OCc2ccccc2)ccc1O[C@H]1CCC[C@H](C(=O)O)C1. The van der Waals surface area contributed by atoms with E-state index in [0.29, 0.717) is 95.7 Å². The Balaban J connectivity index is 0.983. The third kappa shape index (κ3) is 13.1. The zero-order valence-electron chi connectivity index (χ0n) is 40.4. The third-order valence-corrected chi connectivity index (χ3v) is 12.9. The summed E-state index contributed by atoms with van der Waals surface area (Å²) in [6.07, 6.45) is 2.05. The highest BCUT2D eigenvalue weighted by Crippen LogP contribution is 2.36. The van der Waals surface area contributed by atoms with Gasteiger partial charge in [0.25, 0.3) is 0 Å². The lowest BCUT2D eigenvalue weighted by Gasteiger charge is -2.33. The second kappa shape index (κ2) is 23.8. The van der Waals surface area contributed by atoms with E-state index in [-0.39, 0.29) is 57.3 Å². The lowest BCUT2D eigenvalue weighted by atomic mass is 9.79. The van der Waals surface area contributed by atoms with Gasteiger partial charge in [0.05, 0.1) is 72.2 Å². The van der Waals surface area contributed by atoms with Gasteiger partial charge in [-0.25, -0.2) is 28.9 Å². The number of urea groups is 1. The minimum absolute atomic E-state index is 0.0502. The Kier molecular flexibility index (Phi) is 16.7. The van der Waals surface area contributed by atoms with Gasteiger partial charge >= 0.3 is 24.1 Å². The van der Waals surface area contributed by atoms with Crippen molar-refractivity contribution in [3.8, 4) is 34.3 Å². The van der Waals surface area contributed by atoms with Gasteiger partial charge in [0.1, 0.15) is 35.2 Å². The topological polar surface area (TPSA) is 269 Å². The van der Waals surface area contributed by atoms with Crippen molar-refractivity contribution in [2.75, 3.05) is 7.11 Å². The first kappa shape index (κ1) is 50.4. The van der Waals surface area contributed by atoms with Crippen molar-refractivity contribution in [3.63, 3.8) is 0 Å². The van der Waals surface area contributed by atoms with E-state index in [1.165, 1.54) is 7.11 Å². The summed E-state index contributed by atoms with van der Waals surface area (Å²) in [4.78, 5) is 59.9. The molecule has 21 heteroatoms. The van der Waals surface area contributed by atoms with E-state index in [4.69, 9.17) is 28.9 Å². The standard InChI is InChI=1S/C51H59N11O10/c1-31-44(19-17-39(55-31)46-42(61(2)59-57-46)26-53-50(67)52-25-32-11-6-4-7-12-32)72-38-22-34(21-36(24-38)49(65)66)28-62-43(27-54-51(68)70-29-33-13-8-5-9-14-33)47(58-60-62)40-18-20-45(41(56-40)30-69-3)71-37-16-10-15-35(23-37)48(63)64/h4-9,11-14,17-20,34-38H,10,15-16,21-30H2,1-3H3,(H,54,68)(H,63,64)(H,65,66)(H2,52,53,67)/t34?,35-,36-,37-,38-/m0/s1. The maximum Gasteiger partial charge on any atom is 0.407 e. The minimum Gasteiger partial charge on any atom is -0.488 e. The van der Waals surface area contributed by atoms with E-state index >= 15 is 0 Å². The molecule has 8 rings (SSSR count). The smallest absolute Gasteiger partial charge is 0.407 e. The number of rotatable bonds is 20. The monoisotopic (exact) mass is 985 g/mol. The van der Waals surface area contributed by atoms with Gasteiger partial charge in [-0.05, 0) is 93.2 Å². The van der Waals surface area contributed by atoms with Crippen molar-refractivity contribution in [3.05, 3.63) is 119 Å². The van der Waals surface area contributed by atoms with E-state index in [1.807, 2.05) is 60.7 Å². The largest absolute Gasteiger partial charge is 0.488 e. The molecule has 2 aliphatic rings. The van der Waals surface area contributed by atoms with E-state index in [9.17, 15) is 29.4 Å². The average Bonchev–Trinajstić information content (AvgIpc) is 3.97. The second-order valence-corrected chi connectivity index (χ2v) is 18.2. The third-order valence-electron chi connectivity index (χ3n) is 12.9. The van der Waals surface area contributed by atoms with Gasteiger partial charge in [-0.15, -0.1) is 10.2 Å². The van der Waals surface area contributed by atoms with Crippen LogP contribution in [-0.4, -0.2) is 93.5 Å². The van der Waals surface area contributed by atoms with Crippen molar-refractivity contribution in [1.29, 1.82) is 0 Å². The molecule has 0 spiro atoms. The number of nitrogens with one attached hydrogen (secondary N) is 3. The van der Waals surface area contributed by atoms with Crippen molar-refractivity contribution in [2.24, 2.45) is 24.8 Å². The number of aliphatic carboxylic acids is 2. The number of carbonyl (C=O) groups excluding carboxylic acids is 2. The first-order valence-corrected chi connectivity index (χ1v) is 24.0. The maximum atomic E-state index is 13.1. The van der Waals surface area contributed by atoms with Gasteiger partial charge in [0.2, 0.25) is 0 Å². The first-order chi connectivity index (χ1) is 34.9. The summed E-state index contributed by atoms with van der Waals surface area (Å²) in [7, 11) is 3.28. The van der Waals surface area contributed by atoms with Crippen LogP contribution < -0.4 is 25.4 Å². The summed E-state index contributed by atoms with van der Waals surface area (Å²) in [5.41, 5.74) is 5.78. The summed E-state index contributed by atoms with van der Waals surface area (Å²) in [5, 5.41) is 46.2. The highest BCUT2D eigenvalue weighted by atomic mass is 16.5. The molecule has 4 heterocycles. The lowest BCUT2D eigenvalue weighted by Crippen LogP contribution is -2.36. The number of pyridine rings is 2. The number of carbonyl (C=O) groups is 4. The maximum absolute atomic E-state index is 13.1. The number of aryl methyl sites for hydroxylation is 2. The van der Waals surface area contributed by atoms with Crippen LogP contribution in [-0.2, 0) is 65.5 Å². The molecular formula is C51H59N11O10. The Morgan fingerprint density at radius 3 is 2.03 bits per heavy atom. The molecule has 72 heavy (non-hydrogen) atoms. The summed E-state index contributed by atoms with van der Waals surface area (Å²) in [6.45, 7) is 2.67. The predicted octanol–water partition coefficient (Wildman–Crippen LogP) is 6.38. The Morgan fingerprint density at radius 2 is 1.31 bits per heavy atom. The molecule has 21 nitrogen and oxygen atoms in total. The van der Waals surface area contributed by atoms with E-state index in [2.05, 4.69) is 36.6 Å². The number of carboxylic acids is 2. The van der Waals surface area contributed by atoms with E-state index in [1.54, 1.807) is 47.6 Å². The number of nitrogens with zero attached hydrogens (tertiary/aromatic N) is 8. The Bertz CT molecular complexity index is 2820. The molecule has 1 unspecified atom stereocenters. The Labute approximate surface area is 415 Å². The van der Waals surface area contributed by atoms with Crippen molar-refractivity contribution < 1.29 is 48.3 Å². The normalized spacial score (nSPS) is 18.7. The second-order valence-electron chi connectivity index (χ2n) is 18.2. The number of benzene rings is 2. The van der Waals surface area contributed by atoms with Crippen LogP contribution >= 0.6 is 0 Å². The van der Waals surface area contributed by atoms with Crippen molar-refractivity contribution in [1.82, 2.24) is 55.9 Å². The van der Waals surface area contributed by atoms with E-state index in [0.717, 1.165) is 17.5 Å². The molecule has 0 saturated heterocycles. The fourth-order valence-electron chi connectivity index (χ4n) is 9.24. The van der Waals surface area contributed by atoms with Crippen LogP contribution in [0.2, 0.25) is 0 Å². The van der Waals surface area contributed by atoms with E-state index < -0.39 is 36.0 Å². The van der Waals surface area contributed by atoms with Crippen LogP contribution in [0.3, 0.4) is 0 Å². The van der Waals surface area contributed by atoms with Gasteiger partial charge in [-0.1, -0.05) is 71.1 Å². The number of hydrogen-bond donors (Lipinski definition) is 5. The number of carboxylic acid groups (broad SMARTS) is 2. The highest BCUT2D eigenvalue weighted by molar-refractivity contribution is 5.74. The molecule has 2 saturated carbocycles. The highest BCUT2D eigenvalue weighted by Gasteiger charge is 2.36. The van der Waals surface area contributed by atoms with Gasteiger partial charge in [0.15, 0.2) is 0 Å². The summed E-state index contributed by atoms with van der Waals surface area (Å²) >= 11 is 0. The molecular weight excluding hydrogens is 927 g/mol. The molecule has 0 bridgehead atoms. The van der Waals surface area contributed by atoms with Crippen molar-refractivity contribution in [2.45, 2.75) is 103 Å². The molecule has 2 fully saturated rings. The molecule has 0 aliphatic heterocycles. The number of alkyl carbamates (subject to hydrolysis) is 1. The van der Waals surface area contributed by atoms with Crippen LogP contribution in [0, 0.1) is 24.7 Å². The fraction of sp³-hybridized carbons (Fsp3) is 0.412. The van der Waals surface area contributed by atoms with Crippen LogP contribution in [0.5, 0.6) is 11.5 Å². The lowest BCUT2D eigenvalue weighted by molar-refractivity contribution is -0.145. The van der Waals surface area contributed by atoms with Gasteiger partial charge in [-0.3, -0.25) is 9.59 Å². The molecule has 5 atom stereocenters. The fourth-order valence-corrected chi connectivity index (χ4v) is 9.24. The number of ether oxygens (including phenoxy) is 4. The number of methoxy groups -OCH3 is 1. The van der Waals surface area contributed by atoms with Crippen LogP contribution in [0.1, 0.15) is 78.8 Å². The van der Waals surface area contributed by atoms with Crippen LogP contribution in [0.4, 0.5) is 9.59 Å². The number of aromatic nitrogens is 8. The molecule has 5 N–H and O–H groups in total. The molecule has 2 aliphatic carbocycles.